The van der Waals surface area contributed by atoms with Crippen LogP contribution in [-0.4, -0.2) is 27.0 Å². The van der Waals surface area contributed by atoms with E-state index in [2.05, 4.69) is 20.9 Å². The Bertz CT molecular complexity index is 1120. The fourth-order valence-corrected chi connectivity index (χ4v) is 3.31. The SMILES string of the molecule is CC(Br)c1nc2ccccc2c(=O)n1-c1ccc(C(O)(C(F)(F)F)C(F)(F)F)cc1. The Morgan fingerprint density at radius 1 is 0.967 bits per heavy atom. The highest BCUT2D eigenvalue weighted by Gasteiger charge is 2.71. The second-order valence-electron chi connectivity index (χ2n) is 6.50. The average Bonchev–Trinajstić information content (AvgIpc) is 2.65. The first kappa shape index (κ1) is 22.3. The van der Waals surface area contributed by atoms with Crippen molar-refractivity contribution in [3.8, 4) is 5.69 Å². The molecule has 0 spiro atoms. The summed E-state index contributed by atoms with van der Waals surface area (Å²) in [4.78, 5) is 16.9. The van der Waals surface area contributed by atoms with E-state index in [0.717, 1.165) is 16.7 Å². The third kappa shape index (κ3) is 3.49. The Kier molecular flexibility index (Phi) is 5.48. The van der Waals surface area contributed by atoms with E-state index in [-0.39, 0.29) is 16.9 Å². The fourth-order valence-electron chi connectivity index (χ4n) is 3.01. The topological polar surface area (TPSA) is 55.1 Å². The first-order chi connectivity index (χ1) is 13.8. The maximum absolute atomic E-state index is 13.1. The molecule has 0 fully saturated rings. The Hall–Kier alpha value is -2.40. The van der Waals surface area contributed by atoms with E-state index in [1.54, 1.807) is 25.1 Å². The summed E-state index contributed by atoms with van der Waals surface area (Å²) in [5.74, 6) is 0.202. The van der Waals surface area contributed by atoms with Crippen LogP contribution in [0.4, 0.5) is 26.3 Å². The molecule has 1 atom stereocenters. The van der Waals surface area contributed by atoms with Crippen molar-refractivity contribution >= 4 is 26.8 Å². The van der Waals surface area contributed by atoms with Crippen LogP contribution < -0.4 is 5.56 Å². The standard InChI is InChI=1S/C19H13BrF6N2O2/c1-10(20)15-27-14-5-3-2-4-13(14)16(29)28(15)12-8-6-11(7-9-12)17(30,18(21,22)23)19(24,25)26/h2-10,30H,1H3. The first-order valence-corrected chi connectivity index (χ1v) is 9.33. The summed E-state index contributed by atoms with van der Waals surface area (Å²) in [7, 11) is 0. The van der Waals surface area contributed by atoms with E-state index >= 15 is 0 Å². The van der Waals surface area contributed by atoms with Gasteiger partial charge >= 0.3 is 12.4 Å². The lowest BCUT2D eigenvalue weighted by Crippen LogP contribution is -2.53. The number of hydrogen-bond acceptors (Lipinski definition) is 3. The Balaban J connectivity index is 2.23. The second kappa shape index (κ2) is 7.38. The highest BCUT2D eigenvalue weighted by Crippen LogP contribution is 2.50. The molecule has 0 saturated heterocycles. The molecule has 30 heavy (non-hydrogen) atoms. The van der Waals surface area contributed by atoms with E-state index in [1.807, 2.05) is 0 Å². The fraction of sp³-hybridized carbons (Fsp3) is 0.263. The number of benzene rings is 2. The molecule has 1 heterocycles. The minimum atomic E-state index is -6.00. The van der Waals surface area contributed by atoms with Gasteiger partial charge in [-0.25, -0.2) is 4.98 Å². The van der Waals surface area contributed by atoms with Crippen molar-refractivity contribution in [2.45, 2.75) is 29.7 Å². The highest BCUT2D eigenvalue weighted by molar-refractivity contribution is 9.09. The predicted molar refractivity (Wildman–Crippen MR) is 101 cm³/mol. The third-order valence-corrected chi connectivity index (χ3v) is 4.93. The molecule has 2 aromatic carbocycles. The van der Waals surface area contributed by atoms with E-state index in [4.69, 9.17) is 0 Å². The lowest BCUT2D eigenvalue weighted by atomic mass is 9.92. The molecule has 160 valence electrons. The summed E-state index contributed by atoms with van der Waals surface area (Å²) in [6.07, 6.45) is -12.0. The monoisotopic (exact) mass is 494 g/mol. The van der Waals surface area contributed by atoms with E-state index in [1.165, 1.54) is 6.07 Å². The summed E-state index contributed by atoms with van der Waals surface area (Å²) in [5.41, 5.74) is -6.62. The molecule has 0 aliphatic rings. The zero-order chi connectivity index (χ0) is 22.5. The number of nitrogens with zero attached hydrogens (tertiary/aromatic N) is 2. The third-order valence-electron chi connectivity index (χ3n) is 4.52. The number of aromatic nitrogens is 2. The van der Waals surface area contributed by atoms with E-state index < -0.39 is 33.9 Å². The van der Waals surface area contributed by atoms with Crippen LogP contribution in [-0.2, 0) is 5.60 Å². The smallest absolute Gasteiger partial charge is 0.369 e. The highest BCUT2D eigenvalue weighted by atomic mass is 79.9. The van der Waals surface area contributed by atoms with Crippen LogP contribution >= 0.6 is 15.9 Å². The molecule has 1 N–H and O–H groups in total. The number of para-hydroxylation sites is 1. The molecule has 0 aliphatic carbocycles. The van der Waals surface area contributed by atoms with Crippen LogP contribution in [0.1, 0.15) is 23.1 Å². The summed E-state index contributed by atoms with van der Waals surface area (Å²) in [6.45, 7) is 1.66. The minimum Gasteiger partial charge on any atom is -0.369 e. The van der Waals surface area contributed by atoms with Crippen LogP contribution in [0.25, 0.3) is 16.6 Å². The quantitative estimate of drug-likeness (QED) is 0.404. The summed E-state index contributed by atoms with van der Waals surface area (Å²) < 4.78 is 79.5. The summed E-state index contributed by atoms with van der Waals surface area (Å²) in [6, 6.07) is 9.15. The number of halogens is 7. The van der Waals surface area contributed by atoms with Gasteiger partial charge < -0.3 is 5.11 Å². The van der Waals surface area contributed by atoms with Crippen molar-refractivity contribution in [2.24, 2.45) is 0 Å². The van der Waals surface area contributed by atoms with Gasteiger partial charge in [0.05, 0.1) is 21.4 Å². The van der Waals surface area contributed by atoms with Gasteiger partial charge in [0, 0.05) is 5.56 Å². The average molecular weight is 495 g/mol. The lowest BCUT2D eigenvalue weighted by Gasteiger charge is -2.32. The Labute approximate surface area is 173 Å². The largest absolute Gasteiger partial charge is 0.430 e. The van der Waals surface area contributed by atoms with Crippen molar-refractivity contribution < 1.29 is 31.4 Å². The molecule has 0 amide bonds. The van der Waals surface area contributed by atoms with Gasteiger partial charge in [0.25, 0.3) is 11.2 Å². The lowest BCUT2D eigenvalue weighted by molar-refractivity contribution is -0.376. The second-order valence-corrected chi connectivity index (χ2v) is 7.87. The Morgan fingerprint density at radius 3 is 2.00 bits per heavy atom. The molecule has 0 bridgehead atoms. The normalized spacial score (nSPS) is 14.2. The van der Waals surface area contributed by atoms with Crippen molar-refractivity contribution in [3.05, 3.63) is 70.3 Å². The number of alkyl halides is 7. The van der Waals surface area contributed by atoms with Crippen LogP contribution in [0.5, 0.6) is 0 Å². The van der Waals surface area contributed by atoms with Gasteiger partial charge in [0.2, 0.25) is 0 Å². The number of fused-ring (bicyclic) bond motifs is 1. The molecular formula is C19H13BrF6N2O2. The van der Waals surface area contributed by atoms with Crippen LogP contribution in [0.2, 0.25) is 0 Å². The molecule has 3 aromatic rings. The van der Waals surface area contributed by atoms with Gasteiger partial charge in [-0.15, -0.1) is 0 Å². The van der Waals surface area contributed by atoms with Crippen LogP contribution in [0.15, 0.2) is 53.3 Å². The molecule has 0 aliphatic heterocycles. The summed E-state index contributed by atoms with van der Waals surface area (Å²) in [5, 5.41) is 9.74. The van der Waals surface area contributed by atoms with Crippen LogP contribution in [0.3, 0.4) is 0 Å². The van der Waals surface area contributed by atoms with Crippen molar-refractivity contribution in [1.29, 1.82) is 0 Å². The first-order valence-electron chi connectivity index (χ1n) is 8.41. The Morgan fingerprint density at radius 2 is 1.50 bits per heavy atom. The predicted octanol–water partition coefficient (Wildman–Crippen LogP) is 5.15. The maximum atomic E-state index is 13.1. The van der Waals surface area contributed by atoms with Gasteiger partial charge in [0.1, 0.15) is 5.82 Å². The zero-order valence-corrected chi connectivity index (χ0v) is 16.7. The van der Waals surface area contributed by atoms with Crippen molar-refractivity contribution in [2.75, 3.05) is 0 Å². The summed E-state index contributed by atoms with van der Waals surface area (Å²) >= 11 is 3.29. The molecule has 0 saturated carbocycles. The maximum Gasteiger partial charge on any atom is 0.430 e. The minimum absolute atomic E-state index is 0.00463. The van der Waals surface area contributed by atoms with Gasteiger partial charge in [-0.05, 0) is 31.2 Å². The molecule has 1 unspecified atom stereocenters. The molecule has 11 heteroatoms. The van der Waals surface area contributed by atoms with E-state index in [9.17, 15) is 36.2 Å². The van der Waals surface area contributed by atoms with Crippen molar-refractivity contribution in [3.63, 3.8) is 0 Å². The van der Waals surface area contributed by atoms with Gasteiger partial charge in [-0.1, -0.05) is 40.2 Å². The molecule has 4 nitrogen and oxygen atoms in total. The molecule has 1 aromatic heterocycles. The van der Waals surface area contributed by atoms with Gasteiger partial charge in [-0.2, -0.15) is 26.3 Å². The number of rotatable bonds is 3. The van der Waals surface area contributed by atoms with Gasteiger partial charge in [-0.3, -0.25) is 9.36 Å². The van der Waals surface area contributed by atoms with Gasteiger partial charge in [0.15, 0.2) is 0 Å². The number of aliphatic hydroxyl groups is 1. The molecule has 3 rings (SSSR count). The zero-order valence-electron chi connectivity index (χ0n) is 15.1. The van der Waals surface area contributed by atoms with Crippen molar-refractivity contribution in [1.82, 2.24) is 9.55 Å². The van der Waals surface area contributed by atoms with E-state index in [0.29, 0.717) is 17.6 Å². The molecular weight excluding hydrogens is 482 g/mol. The van der Waals surface area contributed by atoms with Crippen LogP contribution in [0, 0.1) is 0 Å². The molecule has 0 radical (unpaired) electrons. The number of hydrogen-bond donors (Lipinski definition) is 1.